The summed E-state index contributed by atoms with van der Waals surface area (Å²) in [4.78, 5) is 9.39. The van der Waals surface area contributed by atoms with Crippen molar-refractivity contribution in [2.75, 3.05) is 19.0 Å². The van der Waals surface area contributed by atoms with Crippen molar-refractivity contribution >= 4 is 16.9 Å². The minimum Gasteiger partial charge on any atom is -0.383 e. The molecule has 2 aromatic heterocycles. The van der Waals surface area contributed by atoms with Crippen LogP contribution in [0, 0.1) is 0 Å². The zero-order valence-corrected chi connectivity index (χ0v) is 13.8. The molecule has 1 atom stereocenters. The van der Waals surface area contributed by atoms with E-state index in [2.05, 4.69) is 43.1 Å². The summed E-state index contributed by atoms with van der Waals surface area (Å²) in [5.41, 5.74) is 0.738. The van der Waals surface area contributed by atoms with Crippen molar-refractivity contribution in [3.05, 3.63) is 12.0 Å². The van der Waals surface area contributed by atoms with Gasteiger partial charge in [-0.1, -0.05) is 27.7 Å². The monoisotopic (exact) mass is 291 g/mol. The summed E-state index contributed by atoms with van der Waals surface area (Å²) >= 11 is 0. The summed E-state index contributed by atoms with van der Waals surface area (Å²) in [5, 5.41) is 8.72. The van der Waals surface area contributed by atoms with Gasteiger partial charge in [-0.25, -0.2) is 9.97 Å². The SMILES string of the molecule is CCC(COC)Nc1nc(C(C)(C)C)nc2c1cnn2C. The molecule has 2 aromatic rings. The van der Waals surface area contributed by atoms with Gasteiger partial charge >= 0.3 is 0 Å². The van der Waals surface area contributed by atoms with Gasteiger partial charge in [0.1, 0.15) is 11.6 Å². The van der Waals surface area contributed by atoms with Gasteiger partial charge in [-0.05, 0) is 6.42 Å². The molecule has 21 heavy (non-hydrogen) atoms. The first kappa shape index (κ1) is 15.7. The van der Waals surface area contributed by atoms with Crippen LogP contribution in [0.2, 0.25) is 0 Å². The van der Waals surface area contributed by atoms with E-state index >= 15 is 0 Å². The number of hydrogen-bond acceptors (Lipinski definition) is 5. The highest BCUT2D eigenvalue weighted by molar-refractivity contribution is 5.86. The van der Waals surface area contributed by atoms with Crippen molar-refractivity contribution in [3.8, 4) is 0 Å². The molecule has 0 saturated heterocycles. The molecule has 1 N–H and O–H groups in total. The van der Waals surface area contributed by atoms with Crippen LogP contribution in [0.5, 0.6) is 0 Å². The van der Waals surface area contributed by atoms with Crippen molar-refractivity contribution in [3.63, 3.8) is 0 Å². The van der Waals surface area contributed by atoms with Crippen LogP contribution in [-0.2, 0) is 17.2 Å². The number of rotatable bonds is 5. The van der Waals surface area contributed by atoms with Gasteiger partial charge in [-0.3, -0.25) is 4.68 Å². The molecule has 0 aliphatic rings. The van der Waals surface area contributed by atoms with Crippen molar-refractivity contribution in [2.24, 2.45) is 7.05 Å². The fraction of sp³-hybridized carbons (Fsp3) is 0.667. The summed E-state index contributed by atoms with van der Waals surface area (Å²) in [6.45, 7) is 9.11. The van der Waals surface area contributed by atoms with Gasteiger partial charge in [0.15, 0.2) is 5.65 Å². The van der Waals surface area contributed by atoms with Crippen LogP contribution in [-0.4, -0.2) is 39.5 Å². The lowest BCUT2D eigenvalue weighted by Gasteiger charge is -2.21. The standard InChI is InChI=1S/C15H25N5O/c1-7-10(9-21-6)17-12-11-8-16-20(5)13(11)19-14(18-12)15(2,3)4/h8,10H,7,9H2,1-6H3,(H,17,18,19). The van der Waals surface area contributed by atoms with Gasteiger partial charge in [-0.15, -0.1) is 0 Å². The Labute approximate surface area is 125 Å². The topological polar surface area (TPSA) is 64.9 Å². The third kappa shape index (κ3) is 3.32. The number of aromatic nitrogens is 4. The molecule has 0 fully saturated rings. The van der Waals surface area contributed by atoms with Crippen LogP contribution in [0.1, 0.15) is 39.9 Å². The predicted molar refractivity (Wildman–Crippen MR) is 84.6 cm³/mol. The molecule has 116 valence electrons. The smallest absolute Gasteiger partial charge is 0.163 e. The van der Waals surface area contributed by atoms with Gasteiger partial charge in [0.05, 0.1) is 24.2 Å². The average molecular weight is 291 g/mol. The summed E-state index contributed by atoms with van der Waals surface area (Å²) in [6, 6.07) is 0.223. The molecule has 0 aromatic carbocycles. The zero-order chi connectivity index (χ0) is 15.6. The van der Waals surface area contributed by atoms with Crippen molar-refractivity contribution in [1.29, 1.82) is 0 Å². The van der Waals surface area contributed by atoms with Crippen LogP contribution in [0.3, 0.4) is 0 Å². The molecule has 0 aliphatic heterocycles. The van der Waals surface area contributed by atoms with Crippen LogP contribution >= 0.6 is 0 Å². The van der Waals surface area contributed by atoms with E-state index in [1.54, 1.807) is 11.8 Å². The lowest BCUT2D eigenvalue weighted by Crippen LogP contribution is -2.26. The van der Waals surface area contributed by atoms with E-state index in [1.807, 2.05) is 13.2 Å². The fourth-order valence-corrected chi connectivity index (χ4v) is 2.12. The Kier molecular flexibility index (Phi) is 4.46. The normalized spacial score (nSPS) is 13.6. The number of ether oxygens (including phenoxy) is 1. The molecule has 2 rings (SSSR count). The lowest BCUT2D eigenvalue weighted by molar-refractivity contribution is 0.184. The highest BCUT2D eigenvalue weighted by Crippen LogP contribution is 2.26. The zero-order valence-electron chi connectivity index (χ0n) is 13.8. The molecular formula is C15H25N5O. The predicted octanol–water partition coefficient (Wildman–Crippen LogP) is 2.50. The molecular weight excluding hydrogens is 266 g/mol. The van der Waals surface area contributed by atoms with E-state index in [0.29, 0.717) is 6.61 Å². The average Bonchev–Trinajstić information content (AvgIpc) is 2.79. The van der Waals surface area contributed by atoms with Crippen LogP contribution in [0.4, 0.5) is 5.82 Å². The molecule has 0 aliphatic carbocycles. The molecule has 6 nitrogen and oxygen atoms in total. The number of nitrogens with one attached hydrogen (secondary N) is 1. The molecule has 0 bridgehead atoms. The number of fused-ring (bicyclic) bond motifs is 1. The molecule has 0 radical (unpaired) electrons. The molecule has 0 spiro atoms. The van der Waals surface area contributed by atoms with Crippen molar-refractivity contribution < 1.29 is 4.74 Å². The third-order valence-electron chi connectivity index (χ3n) is 3.46. The highest BCUT2D eigenvalue weighted by atomic mass is 16.5. The van der Waals surface area contributed by atoms with Gasteiger partial charge in [-0.2, -0.15) is 5.10 Å². The lowest BCUT2D eigenvalue weighted by atomic mass is 9.95. The molecule has 2 heterocycles. The van der Waals surface area contributed by atoms with E-state index in [-0.39, 0.29) is 11.5 Å². The van der Waals surface area contributed by atoms with E-state index in [4.69, 9.17) is 9.72 Å². The van der Waals surface area contributed by atoms with Crippen LogP contribution in [0.25, 0.3) is 11.0 Å². The fourth-order valence-electron chi connectivity index (χ4n) is 2.12. The molecule has 6 heteroatoms. The van der Waals surface area contributed by atoms with Gasteiger partial charge in [0.25, 0.3) is 0 Å². The van der Waals surface area contributed by atoms with Crippen molar-refractivity contribution in [2.45, 2.75) is 45.6 Å². The van der Waals surface area contributed by atoms with Crippen LogP contribution < -0.4 is 5.32 Å². The summed E-state index contributed by atoms with van der Waals surface area (Å²) in [6.07, 6.45) is 2.77. The minimum absolute atomic E-state index is 0.113. The molecule has 0 saturated carbocycles. The van der Waals surface area contributed by atoms with Gasteiger partial charge in [0, 0.05) is 19.6 Å². The Bertz CT molecular complexity index is 614. The number of hydrogen-bond donors (Lipinski definition) is 1. The van der Waals surface area contributed by atoms with Gasteiger partial charge < -0.3 is 10.1 Å². The summed E-state index contributed by atoms with van der Waals surface area (Å²) in [7, 11) is 3.61. The van der Waals surface area contributed by atoms with E-state index in [0.717, 1.165) is 29.1 Å². The second-order valence-corrected chi connectivity index (χ2v) is 6.36. The summed E-state index contributed by atoms with van der Waals surface area (Å²) < 4.78 is 7.04. The number of methoxy groups -OCH3 is 1. The van der Waals surface area contributed by atoms with Crippen LogP contribution in [0.15, 0.2) is 6.20 Å². The number of nitrogens with zero attached hydrogens (tertiary/aromatic N) is 4. The first-order chi connectivity index (χ1) is 9.86. The Morgan fingerprint density at radius 3 is 2.62 bits per heavy atom. The third-order valence-corrected chi connectivity index (χ3v) is 3.46. The maximum absolute atomic E-state index is 5.26. The minimum atomic E-state index is -0.113. The number of anilines is 1. The van der Waals surface area contributed by atoms with Crippen molar-refractivity contribution in [1.82, 2.24) is 19.7 Å². The molecule has 1 unspecified atom stereocenters. The molecule has 0 amide bonds. The maximum atomic E-state index is 5.26. The Morgan fingerprint density at radius 2 is 2.05 bits per heavy atom. The largest absolute Gasteiger partial charge is 0.383 e. The number of aryl methyl sites for hydroxylation is 1. The van der Waals surface area contributed by atoms with E-state index in [1.165, 1.54) is 0 Å². The van der Waals surface area contributed by atoms with Gasteiger partial charge in [0.2, 0.25) is 0 Å². The first-order valence-electron chi connectivity index (χ1n) is 7.32. The maximum Gasteiger partial charge on any atom is 0.163 e. The second-order valence-electron chi connectivity index (χ2n) is 6.36. The summed E-state index contributed by atoms with van der Waals surface area (Å²) in [5.74, 6) is 1.65. The Hall–Kier alpha value is -1.69. The highest BCUT2D eigenvalue weighted by Gasteiger charge is 2.22. The quantitative estimate of drug-likeness (QED) is 0.917. The first-order valence-corrected chi connectivity index (χ1v) is 7.32. The van der Waals surface area contributed by atoms with E-state index in [9.17, 15) is 0 Å². The Morgan fingerprint density at radius 1 is 1.33 bits per heavy atom. The Balaban J connectivity index is 2.50. The van der Waals surface area contributed by atoms with E-state index < -0.39 is 0 Å². The second kappa shape index (κ2) is 5.97.